The molecule has 1 heterocycles. The van der Waals surface area contributed by atoms with Crippen LogP contribution < -0.4 is 15.0 Å². The summed E-state index contributed by atoms with van der Waals surface area (Å²) in [5.74, 6) is 0.721. The molecule has 30 heavy (non-hydrogen) atoms. The Morgan fingerprint density at radius 1 is 1.00 bits per heavy atom. The van der Waals surface area contributed by atoms with E-state index in [1.165, 1.54) is 5.56 Å². The second kappa shape index (κ2) is 8.23. The number of carbonyl (C=O) groups is 1. The molecule has 1 amide bonds. The number of anilines is 2. The zero-order valence-corrected chi connectivity index (χ0v) is 18.0. The third-order valence-corrected chi connectivity index (χ3v) is 5.88. The number of aryl methyl sites for hydroxylation is 2. The van der Waals surface area contributed by atoms with Gasteiger partial charge >= 0.3 is 0 Å². The maximum atomic E-state index is 13.5. The van der Waals surface area contributed by atoms with E-state index in [2.05, 4.69) is 37.4 Å². The minimum Gasteiger partial charge on any atom is -0.495 e. The molecule has 4 rings (SSSR count). The van der Waals surface area contributed by atoms with E-state index >= 15 is 0 Å². The molecule has 0 radical (unpaired) electrons. The van der Waals surface area contributed by atoms with E-state index < -0.39 is 0 Å². The van der Waals surface area contributed by atoms with Crippen LogP contribution in [0.2, 0.25) is 0 Å². The highest BCUT2D eigenvalue weighted by Crippen LogP contribution is 2.45. The van der Waals surface area contributed by atoms with E-state index in [0.717, 1.165) is 34.7 Å². The molecule has 2 unspecified atom stereocenters. The molecule has 0 aromatic heterocycles. The third kappa shape index (κ3) is 3.65. The van der Waals surface area contributed by atoms with Gasteiger partial charge in [0.25, 0.3) is 5.91 Å². The van der Waals surface area contributed by atoms with Gasteiger partial charge in [0, 0.05) is 22.9 Å². The summed E-state index contributed by atoms with van der Waals surface area (Å²) in [6.45, 7) is 6.24. The number of hydrogen-bond acceptors (Lipinski definition) is 3. The van der Waals surface area contributed by atoms with Crippen molar-refractivity contribution in [1.82, 2.24) is 0 Å². The lowest BCUT2D eigenvalue weighted by molar-refractivity contribution is 0.0973. The second-order valence-corrected chi connectivity index (χ2v) is 8.04. The first-order valence-corrected chi connectivity index (χ1v) is 10.4. The van der Waals surface area contributed by atoms with E-state index in [1.54, 1.807) is 7.11 Å². The number of para-hydroxylation sites is 2. The van der Waals surface area contributed by atoms with Crippen LogP contribution in [0.25, 0.3) is 0 Å². The Labute approximate surface area is 178 Å². The Bertz CT molecular complexity index is 1060. The highest BCUT2D eigenvalue weighted by Gasteiger charge is 2.36. The van der Waals surface area contributed by atoms with Crippen molar-refractivity contribution in [2.24, 2.45) is 0 Å². The van der Waals surface area contributed by atoms with Gasteiger partial charge in [0.2, 0.25) is 0 Å². The summed E-state index contributed by atoms with van der Waals surface area (Å²) in [6, 6.07) is 22.2. The lowest BCUT2D eigenvalue weighted by atomic mass is 9.90. The number of nitrogens with one attached hydrogen (secondary N) is 1. The number of ether oxygens (including phenoxy) is 1. The fraction of sp³-hybridized carbons (Fsp3) is 0.269. The van der Waals surface area contributed by atoms with E-state index in [-0.39, 0.29) is 18.0 Å². The first kappa shape index (κ1) is 20.0. The number of rotatable bonds is 4. The lowest BCUT2D eigenvalue weighted by Crippen LogP contribution is -2.44. The number of hydrogen-bond donors (Lipinski definition) is 1. The molecule has 3 aromatic carbocycles. The van der Waals surface area contributed by atoms with Crippen LogP contribution in [-0.4, -0.2) is 19.1 Å². The number of benzene rings is 3. The minimum absolute atomic E-state index is 0.00240. The lowest BCUT2D eigenvalue weighted by Gasteiger charge is -2.40. The highest BCUT2D eigenvalue weighted by atomic mass is 16.5. The highest BCUT2D eigenvalue weighted by molar-refractivity contribution is 6.08. The van der Waals surface area contributed by atoms with Gasteiger partial charge in [0.15, 0.2) is 0 Å². The molecule has 0 fully saturated rings. The predicted molar refractivity (Wildman–Crippen MR) is 123 cm³/mol. The van der Waals surface area contributed by atoms with E-state index in [4.69, 9.17) is 4.74 Å². The molecule has 0 bridgehead atoms. The number of nitrogens with zero attached hydrogens (tertiary/aromatic N) is 1. The third-order valence-electron chi connectivity index (χ3n) is 5.88. The standard InChI is InChI=1S/C26H28N2O2/c1-17-12-14-20(15-13-17)26(29)28-19(3)16-23(27-22-10-6-5-8-18(22)2)21-9-7-11-24(30-4)25(21)28/h5-15,19,23,27H,16H2,1-4H3. The maximum absolute atomic E-state index is 13.5. The largest absolute Gasteiger partial charge is 0.495 e. The van der Waals surface area contributed by atoms with Crippen LogP contribution in [0, 0.1) is 13.8 Å². The van der Waals surface area contributed by atoms with E-state index in [0.29, 0.717) is 5.56 Å². The molecule has 2 atom stereocenters. The SMILES string of the molecule is COc1cccc2c1N(C(=O)c1ccc(C)cc1)C(C)CC2Nc1ccccc1C. The van der Waals surface area contributed by atoms with Crippen molar-refractivity contribution in [3.8, 4) is 5.75 Å². The van der Waals surface area contributed by atoms with Gasteiger partial charge in [-0.15, -0.1) is 0 Å². The Kier molecular flexibility index (Phi) is 5.49. The number of fused-ring (bicyclic) bond motifs is 1. The predicted octanol–water partition coefficient (Wildman–Crippen LogP) is 5.90. The first-order valence-electron chi connectivity index (χ1n) is 10.4. The van der Waals surface area contributed by atoms with Crippen molar-refractivity contribution in [3.63, 3.8) is 0 Å². The first-order chi connectivity index (χ1) is 14.5. The Morgan fingerprint density at radius 3 is 2.43 bits per heavy atom. The average molecular weight is 401 g/mol. The van der Waals surface area contributed by atoms with E-state index in [1.807, 2.05) is 60.4 Å². The number of methoxy groups -OCH3 is 1. The molecule has 3 aromatic rings. The molecular weight excluding hydrogens is 372 g/mol. The second-order valence-electron chi connectivity index (χ2n) is 8.04. The van der Waals surface area contributed by atoms with Gasteiger partial charge in [-0.25, -0.2) is 0 Å². The normalized spacial score (nSPS) is 17.9. The Balaban J connectivity index is 1.77. The summed E-state index contributed by atoms with van der Waals surface area (Å²) < 4.78 is 5.70. The molecule has 0 saturated carbocycles. The summed E-state index contributed by atoms with van der Waals surface area (Å²) in [6.07, 6.45) is 0.812. The molecule has 0 spiro atoms. The molecule has 4 heteroatoms. The molecule has 1 aliphatic rings. The summed E-state index contributed by atoms with van der Waals surface area (Å²) in [5.41, 5.74) is 6.08. The topological polar surface area (TPSA) is 41.6 Å². The quantitative estimate of drug-likeness (QED) is 0.592. The van der Waals surface area contributed by atoms with Crippen LogP contribution in [0.3, 0.4) is 0 Å². The van der Waals surface area contributed by atoms with Gasteiger partial charge in [-0.05, 0) is 57.0 Å². The van der Waals surface area contributed by atoms with Crippen molar-refractivity contribution in [3.05, 3.63) is 89.0 Å². The molecule has 154 valence electrons. The number of carbonyl (C=O) groups excluding carboxylic acids is 1. The van der Waals surface area contributed by atoms with E-state index in [9.17, 15) is 4.79 Å². The summed E-state index contributed by atoms with van der Waals surface area (Å²) >= 11 is 0. The fourth-order valence-electron chi connectivity index (χ4n) is 4.23. The Hall–Kier alpha value is -3.27. The summed E-state index contributed by atoms with van der Waals surface area (Å²) in [5, 5.41) is 3.70. The molecule has 4 nitrogen and oxygen atoms in total. The summed E-state index contributed by atoms with van der Waals surface area (Å²) in [7, 11) is 1.66. The van der Waals surface area contributed by atoms with Crippen molar-refractivity contribution in [1.29, 1.82) is 0 Å². The number of amides is 1. The van der Waals surface area contributed by atoms with Crippen molar-refractivity contribution in [2.75, 3.05) is 17.3 Å². The van der Waals surface area contributed by atoms with Gasteiger partial charge in [0.05, 0.1) is 18.8 Å². The zero-order valence-electron chi connectivity index (χ0n) is 18.0. The maximum Gasteiger partial charge on any atom is 0.258 e. The zero-order chi connectivity index (χ0) is 21.3. The van der Waals surface area contributed by atoms with Crippen LogP contribution in [0.15, 0.2) is 66.7 Å². The Morgan fingerprint density at radius 2 is 1.73 bits per heavy atom. The molecule has 0 saturated heterocycles. The van der Waals surface area contributed by atoms with Crippen molar-refractivity contribution >= 4 is 17.3 Å². The molecule has 1 N–H and O–H groups in total. The van der Waals surface area contributed by atoms with Crippen LogP contribution in [-0.2, 0) is 0 Å². The molecule has 0 aliphatic carbocycles. The molecular formula is C26H28N2O2. The van der Waals surface area contributed by atoms with Gasteiger partial charge in [0.1, 0.15) is 5.75 Å². The van der Waals surface area contributed by atoms with Crippen LogP contribution in [0.1, 0.15) is 46.4 Å². The smallest absolute Gasteiger partial charge is 0.258 e. The van der Waals surface area contributed by atoms with Crippen LogP contribution in [0.5, 0.6) is 5.75 Å². The fourth-order valence-corrected chi connectivity index (χ4v) is 4.23. The van der Waals surface area contributed by atoms with Gasteiger partial charge < -0.3 is 15.0 Å². The minimum atomic E-state index is 0.00240. The van der Waals surface area contributed by atoms with Crippen molar-refractivity contribution in [2.45, 2.75) is 39.3 Å². The van der Waals surface area contributed by atoms with Gasteiger partial charge in [-0.1, -0.05) is 48.0 Å². The average Bonchev–Trinajstić information content (AvgIpc) is 2.75. The van der Waals surface area contributed by atoms with Crippen molar-refractivity contribution < 1.29 is 9.53 Å². The van der Waals surface area contributed by atoms with Crippen LogP contribution in [0.4, 0.5) is 11.4 Å². The summed E-state index contributed by atoms with van der Waals surface area (Å²) in [4.78, 5) is 15.4. The van der Waals surface area contributed by atoms with Gasteiger partial charge in [-0.3, -0.25) is 4.79 Å². The molecule has 1 aliphatic heterocycles. The monoisotopic (exact) mass is 400 g/mol. The van der Waals surface area contributed by atoms with Gasteiger partial charge in [-0.2, -0.15) is 0 Å². The van der Waals surface area contributed by atoms with Crippen LogP contribution >= 0.6 is 0 Å².